The summed E-state index contributed by atoms with van der Waals surface area (Å²) in [6, 6.07) is 24.0. The second kappa shape index (κ2) is 15.6. The smallest absolute Gasteiger partial charge is 0.308 e. The number of aromatic amines is 2. The number of nitrogens with one attached hydrogen (secondary N) is 2. The van der Waals surface area contributed by atoms with Crippen LogP contribution in [0.5, 0.6) is 0 Å². The van der Waals surface area contributed by atoms with Crippen molar-refractivity contribution in [2.45, 2.75) is 26.7 Å². The van der Waals surface area contributed by atoms with E-state index < -0.39 is 5.97 Å². The van der Waals surface area contributed by atoms with E-state index in [4.69, 9.17) is 32.9 Å². The van der Waals surface area contributed by atoms with Gasteiger partial charge in [0, 0.05) is 61.8 Å². The Bertz CT molecular complexity index is 2390. The van der Waals surface area contributed by atoms with Gasteiger partial charge < -0.3 is 34.5 Å². The number of amides is 1. The highest BCUT2D eigenvalue weighted by Crippen LogP contribution is 2.35. The number of halogens is 2. The highest BCUT2D eigenvalue weighted by Gasteiger charge is 2.33. The molecule has 2 aromatic heterocycles. The average Bonchev–Trinajstić information content (AvgIpc) is 4.02. The van der Waals surface area contributed by atoms with E-state index >= 15 is 0 Å². The molecule has 9 rings (SSSR count). The van der Waals surface area contributed by atoms with Crippen LogP contribution >= 0.6 is 23.2 Å². The number of hydrogen-bond donors (Lipinski definition) is 3. The molecule has 5 heterocycles. The SMILES string of the molecule is Cc1ccc2nc(-c3cc(N4CCC(C(=O)N5CCOCC5)C4)ccc3Cl)[nH]c2c1.Cc1ccc2nc(-c3cc(N4CCC(C(=O)O)C4)ccc3Cl)[nH]c2c1. The second-order valence-electron chi connectivity index (χ2n) is 14.7. The van der Waals surface area contributed by atoms with Crippen LogP contribution in [-0.2, 0) is 14.3 Å². The van der Waals surface area contributed by atoms with Crippen molar-refractivity contribution < 1.29 is 19.4 Å². The first-order valence-corrected chi connectivity index (χ1v) is 19.5. The van der Waals surface area contributed by atoms with Gasteiger partial charge in [0.2, 0.25) is 5.91 Å². The first-order chi connectivity index (χ1) is 26.6. The molecule has 0 aliphatic carbocycles. The fourth-order valence-electron chi connectivity index (χ4n) is 7.72. The summed E-state index contributed by atoms with van der Waals surface area (Å²) in [6.45, 7) is 9.64. The predicted molar refractivity (Wildman–Crippen MR) is 218 cm³/mol. The van der Waals surface area contributed by atoms with E-state index in [1.54, 1.807) is 0 Å². The molecule has 3 fully saturated rings. The molecule has 0 saturated carbocycles. The summed E-state index contributed by atoms with van der Waals surface area (Å²) in [5.41, 5.74) is 9.90. The molecule has 4 aromatic carbocycles. The van der Waals surface area contributed by atoms with Gasteiger partial charge in [0.15, 0.2) is 0 Å². The normalized spacial score (nSPS) is 18.6. The number of carbonyl (C=O) groups excluding carboxylic acids is 1. The number of H-pyrrole nitrogens is 2. The van der Waals surface area contributed by atoms with Crippen molar-refractivity contribution in [3.05, 3.63) is 94.0 Å². The number of aryl methyl sites for hydroxylation is 2. The van der Waals surface area contributed by atoms with Gasteiger partial charge in [0.25, 0.3) is 0 Å². The van der Waals surface area contributed by atoms with Crippen LogP contribution in [0.3, 0.4) is 0 Å². The summed E-state index contributed by atoms with van der Waals surface area (Å²) in [4.78, 5) is 46.4. The van der Waals surface area contributed by atoms with Crippen molar-refractivity contribution in [1.82, 2.24) is 24.8 Å². The van der Waals surface area contributed by atoms with Gasteiger partial charge in [-0.2, -0.15) is 0 Å². The number of anilines is 2. The van der Waals surface area contributed by atoms with Crippen LogP contribution in [0.4, 0.5) is 11.4 Å². The molecule has 55 heavy (non-hydrogen) atoms. The average molecular weight is 781 g/mol. The number of nitrogens with zero attached hydrogens (tertiary/aromatic N) is 5. The number of rotatable bonds is 6. The monoisotopic (exact) mass is 779 g/mol. The summed E-state index contributed by atoms with van der Waals surface area (Å²) in [7, 11) is 0. The lowest BCUT2D eigenvalue weighted by Crippen LogP contribution is -2.44. The Morgan fingerprint density at radius 1 is 0.691 bits per heavy atom. The molecule has 11 nitrogen and oxygen atoms in total. The number of imidazole rings is 2. The molecule has 2 unspecified atom stereocenters. The van der Waals surface area contributed by atoms with Crippen molar-refractivity contribution >= 4 is 68.5 Å². The van der Waals surface area contributed by atoms with Crippen molar-refractivity contribution in [3.8, 4) is 22.8 Å². The fourth-order valence-corrected chi connectivity index (χ4v) is 8.13. The lowest BCUT2D eigenvalue weighted by Gasteiger charge is -2.29. The van der Waals surface area contributed by atoms with Gasteiger partial charge in [-0.05, 0) is 98.5 Å². The van der Waals surface area contributed by atoms with E-state index in [1.807, 2.05) is 60.4 Å². The topological polar surface area (TPSA) is 131 Å². The number of carbonyl (C=O) groups is 2. The summed E-state index contributed by atoms with van der Waals surface area (Å²) < 4.78 is 5.37. The Hall–Kier alpha value is -5.10. The van der Waals surface area contributed by atoms with E-state index in [9.17, 15) is 14.7 Å². The minimum atomic E-state index is -0.732. The molecule has 1 amide bonds. The first kappa shape index (κ1) is 36.9. The number of carboxylic acids is 1. The molecular weight excluding hydrogens is 737 g/mol. The number of fused-ring (bicyclic) bond motifs is 2. The summed E-state index contributed by atoms with van der Waals surface area (Å²) in [6.07, 6.45) is 1.54. The molecule has 0 radical (unpaired) electrons. The zero-order valence-corrected chi connectivity index (χ0v) is 32.3. The van der Waals surface area contributed by atoms with E-state index in [0.29, 0.717) is 49.3 Å². The van der Waals surface area contributed by atoms with Gasteiger partial charge in [-0.25, -0.2) is 9.97 Å². The molecule has 6 aromatic rings. The fraction of sp³-hybridized carbons (Fsp3) is 0.333. The number of aliphatic carboxylic acids is 1. The molecule has 3 N–H and O–H groups in total. The van der Waals surface area contributed by atoms with Crippen molar-refractivity contribution in [2.24, 2.45) is 11.8 Å². The molecule has 284 valence electrons. The molecule has 0 bridgehead atoms. The number of carboxylic acid groups (broad SMARTS) is 1. The molecule has 3 saturated heterocycles. The van der Waals surface area contributed by atoms with Gasteiger partial charge in [-0.15, -0.1) is 0 Å². The molecule has 2 atom stereocenters. The Kier molecular flexibility index (Phi) is 10.4. The minimum Gasteiger partial charge on any atom is -0.481 e. The number of aromatic nitrogens is 4. The van der Waals surface area contributed by atoms with Gasteiger partial charge in [-0.3, -0.25) is 9.59 Å². The van der Waals surface area contributed by atoms with Gasteiger partial charge >= 0.3 is 5.97 Å². The maximum Gasteiger partial charge on any atom is 0.308 e. The number of ether oxygens (including phenoxy) is 1. The number of hydrogen-bond acceptors (Lipinski definition) is 7. The van der Waals surface area contributed by atoms with Crippen molar-refractivity contribution in [1.29, 1.82) is 0 Å². The summed E-state index contributed by atoms with van der Waals surface area (Å²) in [5.74, 6) is 0.737. The zero-order chi connectivity index (χ0) is 38.2. The molecular formula is C42H43Cl2N7O4. The lowest BCUT2D eigenvalue weighted by atomic mass is 10.1. The standard InChI is InChI=1S/C23H25ClN4O2.C19H18ClN3O2/c1-15-2-5-20-21(12-15)26-22(25-20)18-13-17(3-4-19(18)24)28-7-6-16(14-28)23(29)27-8-10-30-11-9-27;1-11-2-5-16-17(8-11)22-18(21-16)14-9-13(3-4-15(14)20)23-7-6-12(10-23)19(24)25/h2-5,12-13,16H,6-11,14H2,1H3,(H,25,26);2-5,8-9,12H,6-7,10H2,1H3,(H,21,22)(H,24,25). The van der Waals surface area contributed by atoms with Gasteiger partial charge in [0.1, 0.15) is 11.6 Å². The maximum atomic E-state index is 12.9. The Labute approximate surface area is 329 Å². The van der Waals surface area contributed by atoms with E-state index in [1.165, 1.54) is 11.1 Å². The summed E-state index contributed by atoms with van der Waals surface area (Å²) in [5, 5.41) is 10.5. The predicted octanol–water partition coefficient (Wildman–Crippen LogP) is 7.98. The first-order valence-electron chi connectivity index (χ1n) is 18.7. The van der Waals surface area contributed by atoms with Gasteiger partial charge in [-0.1, -0.05) is 35.3 Å². The quantitative estimate of drug-likeness (QED) is 0.155. The second-order valence-corrected chi connectivity index (χ2v) is 15.5. The largest absolute Gasteiger partial charge is 0.481 e. The molecule has 13 heteroatoms. The van der Waals surface area contributed by atoms with E-state index in [-0.39, 0.29) is 17.7 Å². The molecule has 0 spiro atoms. The van der Waals surface area contributed by atoms with E-state index in [2.05, 4.69) is 55.9 Å². The highest BCUT2D eigenvalue weighted by atomic mass is 35.5. The van der Waals surface area contributed by atoms with Crippen molar-refractivity contribution in [2.75, 3.05) is 62.3 Å². The number of benzene rings is 4. The zero-order valence-electron chi connectivity index (χ0n) is 30.8. The van der Waals surface area contributed by atoms with Crippen LogP contribution in [0.15, 0.2) is 72.8 Å². The third-order valence-corrected chi connectivity index (χ3v) is 11.5. The Morgan fingerprint density at radius 2 is 1.18 bits per heavy atom. The van der Waals surface area contributed by atoms with Gasteiger partial charge in [0.05, 0.1) is 57.2 Å². The van der Waals surface area contributed by atoms with Crippen molar-refractivity contribution in [3.63, 3.8) is 0 Å². The number of morpholine rings is 1. The molecule has 3 aliphatic rings. The minimum absolute atomic E-state index is 0.0383. The van der Waals surface area contributed by atoms with E-state index in [0.717, 1.165) is 82.3 Å². The molecule has 3 aliphatic heterocycles. The Balaban J connectivity index is 0.000000158. The highest BCUT2D eigenvalue weighted by molar-refractivity contribution is 6.33. The summed E-state index contributed by atoms with van der Waals surface area (Å²) >= 11 is 12.9. The van der Waals surface area contributed by atoms with Crippen LogP contribution in [-0.4, -0.2) is 94.3 Å². The van der Waals surface area contributed by atoms with Crippen LogP contribution in [0.25, 0.3) is 44.8 Å². The van der Waals surface area contributed by atoms with Crippen LogP contribution < -0.4 is 9.80 Å². The maximum absolute atomic E-state index is 12.9. The Morgan fingerprint density at radius 3 is 1.67 bits per heavy atom. The van der Waals surface area contributed by atoms with Crippen LogP contribution in [0.1, 0.15) is 24.0 Å². The third-order valence-electron chi connectivity index (χ3n) is 10.8. The third kappa shape index (κ3) is 7.87. The van der Waals surface area contributed by atoms with Crippen LogP contribution in [0, 0.1) is 25.7 Å². The lowest BCUT2D eigenvalue weighted by molar-refractivity contribution is -0.141. The van der Waals surface area contributed by atoms with Crippen LogP contribution in [0.2, 0.25) is 10.0 Å².